The molecule has 0 bridgehead atoms. The van der Waals surface area contributed by atoms with Crippen LogP contribution in [0, 0.1) is 6.92 Å². The molecule has 0 aliphatic carbocycles. The zero-order valence-corrected chi connectivity index (χ0v) is 14.3. The van der Waals surface area contributed by atoms with Gasteiger partial charge in [0.15, 0.2) is 0 Å². The van der Waals surface area contributed by atoms with Gasteiger partial charge in [0, 0.05) is 27.2 Å². The summed E-state index contributed by atoms with van der Waals surface area (Å²) in [4.78, 5) is 12.4. The maximum atomic E-state index is 12.4. The summed E-state index contributed by atoms with van der Waals surface area (Å²) in [5, 5.41) is 2.24. The van der Waals surface area contributed by atoms with Gasteiger partial charge in [-0.15, -0.1) is 0 Å². The van der Waals surface area contributed by atoms with Crippen LogP contribution in [-0.2, 0) is 0 Å². The summed E-state index contributed by atoms with van der Waals surface area (Å²) in [6.07, 6.45) is 1.81. The van der Waals surface area contributed by atoms with Crippen molar-refractivity contribution in [2.45, 2.75) is 19.9 Å². The van der Waals surface area contributed by atoms with E-state index in [0.29, 0.717) is 10.0 Å². The molecule has 0 spiro atoms. The summed E-state index contributed by atoms with van der Waals surface area (Å²) < 4.78 is 1.59. The summed E-state index contributed by atoms with van der Waals surface area (Å²) in [6.45, 7) is 3.63. The van der Waals surface area contributed by atoms with Crippen LogP contribution in [0.25, 0.3) is 22.0 Å². The van der Waals surface area contributed by atoms with Crippen molar-refractivity contribution in [3.05, 3.63) is 58.2 Å². The molecule has 1 unspecified atom stereocenters. The van der Waals surface area contributed by atoms with Crippen LogP contribution < -0.4 is 5.73 Å². The third kappa shape index (κ3) is 2.88. The number of carbonyl (C=O) groups excluding carboxylic acids is 1. The van der Waals surface area contributed by atoms with Crippen molar-refractivity contribution in [1.29, 1.82) is 0 Å². The van der Waals surface area contributed by atoms with E-state index in [0.717, 1.165) is 27.6 Å². The Balaban J connectivity index is 2.29. The second-order valence-electron chi connectivity index (χ2n) is 5.67. The number of carbonyl (C=O) groups is 1. The van der Waals surface area contributed by atoms with Crippen molar-refractivity contribution in [2.24, 2.45) is 5.73 Å². The highest BCUT2D eigenvalue weighted by Gasteiger charge is 2.18. The molecule has 0 aliphatic rings. The maximum Gasteiger partial charge on any atom is 0.247 e. The first-order valence-electron chi connectivity index (χ1n) is 7.25. The molecular weight excluding hydrogens is 331 g/mol. The molecule has 0 aliphatic heterocycles. The highest BCUT2D eigenvalue weighted by Crippen LogP contribution is 2.34. The fraction of sp³-hybridized carbons (Fsp3) is 0.167. The van der Waals surface area contributed by atoms with Gasteiger partial charge in [-0.2, -0.15) is 0 Å². The molecular formula is C18H16Cl2N2O. The minimum Gasteiger partial charge on any atom is -0.320 e. The molecule has 1 atom stereocenters. The first-order chi connectivity index (χ1) is 10.9. The third-order valence-electron chi connectivity index (χ3n) is 3.86. The van der Waals surface area contributed by atoms with Gasteiger partial charge in [0.2, 0.25) is 5.91 Å². The predicted molar refractivity (Wildman–Crippen MR) is 96.4 cm³/mol. The van der Waals surface area contributed by atoms with Gasteiger partial charge in [-0.25, -0.2) is 0 Å². The molecule has 0 saturated heterocycles. The fourth-order valence-corrected chi connectivity index (χ4v) is 2.94. The van der Waals surface area contributed by atoms with Gasteiger partial charge in [0.25, 0.3) is 0 Å². The lowest BCUT2D eigenvalue weighted by atomic mass is 10.0. The highest BCUT2D eigenvalue weighted by molar-refractivity contribution is 6.32. The minimum absolute atomic E-state index is 0.158. The van der Waals surface area contributed by atoms with Gasteiger partial charge >= 0.3 is 0 Å². The number of halogens is 2. The van der Waals surface area contributed by atoms with Crippen molar-refractivity contribution in [3.8, 4) is 11.1 Å². The van der Waals surface area contributed by atoms with E-state index in [1.54, 1.807) is 17.6 Å². The number of benzene rings is 2. The normalized spacial score (nSPS) is 12.6. The zero-order valence-electron chi connectivity index (χ0n) is 12.8. The van der Waals surface area contributed by atoms with Gasteiger partial charge in [-0.3, -0.25) is 9.36 Å². The van der Waals surface area contributed by atoms with E-state index in [4.69, 9.17) is 28.9 Å². The Bertz CT molecular complexity index is 913. The molecule has 0 radical (unpaired) electrons. The van der Waals surface area contributed by atoms with E-state index in [-0.39, 0.29) is 5.91 Å². The first-order valence-corrected chi connectivity index (χ1v) is 8.01. The minimum atomic E-state index is -0.582. The summed E-state index contributed by atoms with van der Waals surface area (Å²) in [6, 6.07) is 10.7. The van der Waals surface area contributed by atoms with E-state index < -0.39 is 6.04 Å². The number of hydrogen-bond donors (Lipinski definition) is 1. The lowest BCUT2D eigenvalue weighted by Gasteiger charge is -2.06. The Morgan fingerprint density at radius 2 is 1.91 bits per heavy atom. The SMILES string of the molecule is Cc1cc(-c2cn(C(=O)C(C)N)c3ccc(Cl)cc23)ccc1Cl. The van der Waals surface area contributed by atoms with Gasteiger partial charge < -0.3 is 5.73 Å². The number of nitrogens with zero attached hydrogens (tertiary/aromatic N) is 1. The molecule has 3 nitrogen and oxygen atoms in total. The number of rotatable bonds is 2. The highest BCUT2D eigenvalue weighted by atomic mass is 35.5. The van der Waals surface area contributed by atoms with Gasteiger partial charge in [-0.05, 0) is 55.3 Å². The second-order valence-corrected chi connectivity index (χ2v) is 6.51. The smallest absolute Gasteiger partial charge is 0.247 e. The van der Waals surface area contributed by atoms with Crippen LogP contribution in [-0.4, -0.2) is 16.5 Å². The van der Waals surface area contributed by atoms with E-state index in [1.807, 2.05) is 43.5 Å². The number of aromatic nitrogens is 1. The summed E-state index contributed by atoms with van der Waals surface area (Å²) in [7, 11) is 0. The second kappa shape index (κ2) is 6.00. The lowest BCUT2D eigenvalue weighted by Crippen LogP contribution is -2.31. The zero-order chi connectivity index (χ0) is 16.7. The van der Waals surface area contributed by atoms with Crippen molar-refractivity contribution in [3.63, 3.8) is 0 Å². The van der Waals surface area contributed by atoms with E-state index in [1.165, 1.54) is 0 Å². The van der Waals surface area contributed by atoms with Crippen LogP contribution >= 0.6 is 23.2 Å². The molecule has 23 heavy (non-hydrogen) atoms. The van der Waals surface area contributed by atoms with Crippen LogP contribution in [0.15, 0.2) is 42.6 Å². The Hall–Kier alpha value is -1.81. The van der Waals surface area contributed by atoms with Gasteiger partial charge in [-0.1, -0.05) is 29.3 Å². The van der Waals surface area contributed by atoms with E-state index in [2.05, 4.69) is 0 Å². The van der Waals surface area contributed by atoms with Gasteiger partial charge in [0.05, 0.1) is 11.6 Å². The number of nitrogens with two attached hydrogens (primary N) is 1. The molecule has 5 heteroatoms. The average molecular weight is 347 g/mol. The van der Waals surface area contributed by atoms with Crippen molar-refractivity contribution in [1.82, 2.24) is 4.57 Å². The van der Waals surface area contributed by atoms with Crippen molar-refractivity contribution in [2.75, 3.05) is 0 Å². The molecule has 118 valence electrons. The molecule has 2 N–H and O–H groups in total. The molecule has 0 saturated carbocycles. The average Bonchev–Trinajstić information content (AvgIpc) is 2.87. The summed E-state index contributed by atoms with van der Waals surface area (Å²) >= 11 is 12.3. The molecule has 1 heterocycles. The number of hydrogen-bond acceptors (Lipinski definition) is 2. The molecule has 2 aromatic carbocycles. The first kappa shape index (κ1) is 16.1. The van der Waals surface area contributed by atoms with Crippen molar-refractivity contribution >= 4 is 40.0 Å². The van der Waals surface area contributed by atoms with Crippen LogP contribution in [0.5, 0.6) is 0 Å². The van der Waals surface area contributed by atoms with E-state index >= 15 is 0 Å². The molecule has 3 rings (SSSR count). The Labute approximate surface area is 144 Å². The topological polar surface area (TPSA) is 48.0 Å². The fourth-order valence-electron chi connectivity index (χ4n) is 2.65. The maximum absolute atomic E-state index is 12.4. The number of aryl methyl sites for hydroxylation is 1. The quantitative estimate of drug-likeness (QED) is 0.716. The van der Waals surface area contributed by atoms with Crippen LogP contribution in [0.3, 0.4) is 0 Å². The monoisotopic (exact) mass is 346 g/mol. The van der Waals surface area contributed by atoms with Crippen molar-refractivity contribution < 1.29 is 4.79 Å². The Morgan fingerprint density at radius 1 is 1.17 bits per heavy atom. The molecule has 0 fully saturated rings. The van der Waals surface area contributed by atoms with Crippen LogP contribution in [0.2, 0.25) is 10.0 Å². The molecule has 1 aromatic heterocycles. The predicted octanol–water partition coefficient (Wildman–Crippen LogP) is 4.91. The summed E-state index contributed by atoms with van der Waals surface area (Å²) in [5.74, 6) is -0.158. The van der Waals surface area contributed by atoms with E-state index in [9.17, 15) is 4.79 Å². The Kier molecular flexibility index (Phi) is 4.19. The number of fused-ring (bicyclic) bond motifs is 1. The molecule has 0 amide bonds. The van der Waals surface area contributed by atoms with Gasteiger partial charge in [0.1, 0.15) is 0 Å². The largest absolute Gasteiger partial charge is 0.320 e. The lowest BCUT2D eigenvalue weighted by molar-refractivity contribution is 0.0892. The van der Waals surface area contributed by atoms with Crippen LogP contribution in [0.1, 0.15) is 17.3 Å². The van der Waals surface area contributed by atoms with Crippen LogP contribution in [0.4, 0.5) is 0 Å². The summed E-state index contributed by atoms with van der Waals surface area (Å²) in [5.41, 5.74) is 9.44. The Morgan fingerprint density at radius 3 is 2.57 bits per heavy atom. The molecule has 3 aromatic rings. The standard InChI is InChI=1S/C18H16Cl2N2O/c1-10-7-12(3-5-16(10)20)15-9-22(18(23)11(2)21)17-6-4-13(19)8-14(15)17/h3-9,11H,21H2,1-2H3. The third-order valence-corrected chi connectivity index (χ3v) is 4.52.